The molecule has 3 rings (SSSR count). The van der Waals surface area contributed by atoms with E-state index in [9.17, 15) is 9.59 Å². The topological polar surface area (TPSA) is 67.4 Å². The van der Waals surface area contributed by atoms with Crippen LogP contribution in [0.2, 0.25) is 0 Å². The van der Waals surface area contributed by atoms with E-state index >= 15 is 0 Å². The monoisotopic (exact) mass is 324 g/mol. The molecule has 2 N–H and O–H groups in total. The van der Waals surface area contributed by atoms with Crippen LogP contribution in [0, 0.1) is 5.92 Å². The van der Waals surface area contributed by atoms with E-state index in [4.69, 9.17) is 4.74 Å². The third-order valence-corrected chi connectivity index (χ3v) is 4.31. The van der Waals surface area contributed by atoms with Gasteiger partial charge in [0.1, 0.15) is 5.75 Å². The maximum Gasteiger partial charge on any atom is 0.253 e. The Bertz CT molecular complexity index is 758. The van der Waals surface area contributed by atoms with Gasteiger partial charge in [-0.05, 0) is 36.1 Å². The highest BCUT2D eigenvalue weighted by atomic mass is 16.5. The minimum atomic E-state index is -0.264. The van der Waals surface area contributed by atoms with Crippen molar-refractivity contribution in [3.63, 3.8) is 0 Å². The Kier molecular flexibility index (Phi) is 4.51. The fourth-order valence-corrected chi connectivity index (χ4v) is 2.86. The molecule has 0 saturated heterocycles. The molecule has 24 heavy (non-hydrogen) atoms. The molecular formula is C19H20N2O3. The van der Waals surface area contributed by atoms with Gasteiger partial charge in [-0.2, -0.15) is 0 Å². The molecule has 2 aromatic rings. The summed E-state index contributed by atoms with van der Waals surface area (Å²) in [6, 6.07) is 15.1. The molecule has 5 heteroatoms. The summed E-state index contributed by atoms with van der Waals surface area (Å²) in [5.41, 5.74) is 2.07. The number of amides is 2. The van der Waals surface area contributed by atoms with E-state index in [1.807, 2.05) is 30.3 Å². The molecule has 2 aromatic carbocycles. The van der Waals surface area contributed by atoms with Crippen molar-refractivity contribution in [1.29, 1.82) is 0 Å². The number of rotatable bonds is 5. The summed E-state index contributed by atoms with van der Waals surface area (Å²) in [5.74, 6) is 0.457. The highest BCUT2D eigenvalue weighted by Crippen LogP contribution is 2.48. The molecule has 5 nitrogen and oxygen atoms in total. The summed E-state index contributed by atoms with van der Waals surface area (Å²) < 4.78 is 5.15. The van der Waals surface area contributed by atoms with E-state index in [-0.39, 0.29) is 23.7 Å². The molecule has 1 aliphatic rings. The van der Waals surface area contributed by atoms with E-state index in [0.29, 0.717) is 17.0 Å². The van der Waals surface area contributed by atoms with Crippen molar-refractivity contribution < 1.29 is 14.3 Å². The number of methoxy groups -OCH3 is 1. The second-order valence-corrected chi connectivity index (χ2v) is 5.84. The van der Waals surface area contributed by atoms with Crippen LogP contribution in [0.3, 0.4) is 0 Å². The van der Waals surface area contributed by atoms with Crippen molar-refractivity contribution in [1.82, 2.24) is 5.32 Å². The maximum absolute atomic E-state index is 12.5. The molecule has 1 fully saturated rings. The normalized spacial score (nSPS) is 18.6. The summed E-state index contributed by atoms with van der Waals surface area (Å²) in [4.78, 5) is 24.5. The van der Waals surface area contributed by atoms with Gasteiger partial charge in [-0.1, -0.05) is 30.3 Å². The van der Waals surface area contributed by atoms with E-state index in [1.54, 1.807) is 25.2 Å². The first-order chi connectivity index (χ1) is 11.6. The smallest absolute Gasteiger partial charge is 0.253 e. The van der Waals surface area contributed by atoms with Gasteiger partial charge in [0.25, 0.3) is 5.91 Å². The number of benzene rings is 2. The zero-order valence-electron chi connectivity index (χ0n) is 13.7. The molecule has 0 aliphatic heterocycles. The quantitative estimate of drug-likeness (QED) is 0.889. The van der Waals surface area contributed by atoms with Gasteiger partial charge in [-0.3, -0.25) is 9.59 Å². The largest absolute Gasteiger partial charge is 0.497 e. The summed E-state index contributed by atoms with van der Waals surface area (Å²) in [7, 11) is 3.09. The van der Waals surface area contributed by atoms with Crippen LogP contribution in [0.15, 0.2) is 48.5 Å². The molecule has 0 bridgehead atoms. The zero-order chi connectivity index (χ0) is 17.1. The summed E-state index contributed by atoms with van der Waals surface area (Å²) in [5, 5.41) is 5.46. The molecule has 1 saturated carbocycles. The van der Waals surface area contributed by atoms with Crippen LogP contribution in [0.1, 0.15) is 28.3 Å². The van der Waals surface area contributed by atoms with E-state index < -0.39 is 0 Å². The van der Waals surface area contributed by atoms with Gasteiger partial charge in [0.05, 0.1) is 18.4 Å². The van der Waals surface area contributed by atoms with Gasteiger partial charge in [0, 0.05) is 13.0 Å². The predicted octanol–water partition coefficient (Wildman–Crippen LogP) is 2.80. The van der Waals surface area contributed by atoms with E-state index in [2.05, 4.69) is 10.6 Å². The Balaban J connectivity index is 1.74. The Hall–Kier alpha value is -2.82. The van der Waals surface area contributed by atoms with Crippen LogP contribution < -0.4 is 15.4 Å². The number of hydrogen-bond donors (Lipinski definition) is 2. The van der Waals surface area contributed by atoms with Crippen LogP contribution in [0.4, 0.5) is 5.69 Å². The summed E-state index contributed by atoms with van der Waals surface area (Å²) in [6.45, 7) is 0. The number of hydrogen-bond acceptors (Lipinski definition) is 3. The molecule has 2 amide bonds. The number of anilines is 1. The SMILES string of the molecule is CNC(=O)c1cc(OC)ccc1NC(=O)[C@@H]1C[C@H]1c1ccccc1. The van der Waals surface area contributed by atoms with Crippen LogP contribution in [0.25, 0.3) is 0 Å². The van der Waals surface area contributed by atoms with Gasteiger partial charge in [0.2, 0.25) is 5.91 Å². The number of carbonyl (C=O) groups is 2. The Morgan fingerprint density at radius 2 is 1.88 bits per heavy atom. The molecular weight excluding hydrogens is 304 g/mol. The number of nitrogens with one attached hydrogen (secondary N) is 2. The van der Waals surface area contributed by atoms with Crippen molar-refractivity contribution in [3.8, 4) is 5.75 Å². The van der Waals surface area contributed by atoms with Crippen LogP contribution >= 0.6 is 0 Å². The molecule has 1 aliphatic carbocycles. The van der Waals surface area contributed by atoms with Gasteiger partial charge in [0.15, 0.2) is 0 Å². The lowest BCUT2D eigenvalue weighted by Gasteiger charge is -2.12. The van der Waals surface area contributed by atoms with Crippen LogP contribution in [0.5, 0.6) is 5.75 Å². The van der Waals surface area contributed by atoms with Gasteiger partial charge in [-0.25, -0.2) is 0 Å². The van der Waals surface area contributed by atoms with Crippen LogP contribution in [-0.2, 0) is 4.79 Å². The first-order valence-electron chi connectivity index (χ1n) is 7.90. The van der Waals surface area contributed by atoms with E-state index in [0.717, 1.165) is 6.42 Å². The Labute approximate surface area is 141 Å². The lowest BCUT2D eigenvalue weighted by Crippen LogP contribution is -2.22. The third-order valence-electron chi connectivity index (χ3n) is 4.31. The van der Waals surface area contributed by atoms with Crippen molar-refractivity contribution in [3.05, 3.63) is 59.7 Å². The molecule has 0 unspecified atom stereocenters. The van der Waals surface area contributed by atoms with Crippen molar-refractivity contribution in [2.75, 3.05) is 19.5 Å². The lowest BCUT2D eigenvalue weighted by atomic mass is 10.1. The first-order valence-corrected chi connectivity index (χ1v) is 7.90. The first kappa shape index (κ1) is 16.1. The van der Waals surface area contributed by atoms with Gasteiger partial charge < -0.3 is 15.4 Å². The molecule has 0 radical (unpaired) electrons. The molecule has 124 valence electrons. The standard InChI is InChI=1S/C19H20N2O3/c1-20-18(22)16-10-13(24-2)8-9-17(16)21-19(23)15-11-14(15)12-6-4-3-5-7-12/h3-10,14-15H,11H2,1-2H3,(H,20,22)(H,21,23)/t14-,15+/m0/s1. The molecule has 2 atom stereocenters. The second kappa shape index (κ2) is 6.74. The fourth-order valence-electron chi connectivity index (χ4n) is 2.86. The minimum Gasteiger partial charge on any atom is -0.497 e. The van der Waals surface area contributed by atoms with Crippen molar-refractivity contribution >= 4 is 17.5 Å². The average Bonchev–Trinajstić information content (AvgIpc) is 3.43. The summed E-state index contributed by atoms with van der Waals surface area (Å²) >= 11 is 0. The third kappa shape index (κ3) is 3.25. The lowest BCUT2D eigenvalue weighted by molar-refractivity contribution is -0.117. The highest BCUT2D eigenvalue weighted by Gasteiger charge is 2.44. The van der Waals surface area contributed by atoms with Gasteiger partial charge >= 0.3 is 0 Å². The van der Waals surface area contributed by atoms with Crippen LogP contribution in [-0.4, -0.2) is 26.0 Å². The Morgan fingerprint density at radius 3 is 2.54 bits per heavy atom. The highest BCUT2D eigenvalue weighted by molar-refractivity contribution is 6.05. The second-order valence-electron chi connectivity index (χ2n) is 5.84. The fraction of sp³-hybridized carbons (Fsp3) is 0.263. The molecule has 0 aromatic heterocycles. The van der Waals surface area contributed by atoms with Crippen molar-refractivity contribution in [2.24, 2.45) is 5.92 Å². The maximum atomic E-state index is 12.5. The van der Waals surface area contributed by atoms with Gasteiger partial charge in [-0.15, -0.1) is 0 Å². The zero-order valence-corrected chi connectivity index (χ0v) is 13.7. The van der Waals surface area contributed by atoms with Crippen molar-refractivity contribution in [2.45, 2.75) is 12.3 Å². The van der Waals surface area contributed by atoms with E-state index in [1.165, 1.54) is 12.7 Å². The average molecular weight is 324 g/mol. The Morgan fingerprint density at radius 1 is 1.12 bits per heavy atom. The number of carbonyl (C=O) groups excluding carboxylic acids is 2. The predicted molar refractivity (Wildman–Crippen MR) is 92.3 cm³/mol. The minimum absolute atomic E-state index is 0.0490. The molecule has 0 heterocycles. The summed E-state index contributed by atoms with van der Waals surface area (Å²) in [6.07, 6.45) is 0.835. The number of ether oxygens (including phenoxy) is 1. The molecule has 0 spiro atoms.